The third kappa shape index (κ3) is 4.89. The predicted octanol–water partition coefficient (Wildman–Crippen LogP) is -0.254. The zero-order valence-corrected chi connectivity index (χ0v) is 16.6. The summed E-state index contributed by atoms with van der Waals surface area (Å²) in [5, 5.41) is 8.84. The van der Waals surface area contributed by atoms with Crippen LogP contribution in [0.4, 0.5) is 11.6 Å². The monoisotopic (exact) mass is 398 g/mol. The van der Waals surface area contributed by atoms with E-state index in [1.165, 1.54) is 0 Å². The van der Waals surface area contributed by atoms with E-state index < -0.39 is 0 Å². The number of ether oxygens (including phenoxy) is 1. The number of anilines is 2. The van der Waals surface area contributed by atoms with Crippen LogP contribution in [0.2, 0.25) is 0 Å². The molecule has 4 heterocycles. The van der Waals surface area contributed by atoms with Gasteiger partial charge >= 0.3 is 6.01 Å². The molecule has 0 spiro atoms. The number of piperazine rings is 2. The lowest BCUT2D eigenvalue weighted by molar-refractivity contribution is -0.133. The topological polar surface area (TPSA) is 90.8 Å². The van der Waals surface area contributed by atoms with Crippen LogP contribution in [0.25, 0.3) is 0 Å². The zero-order valence-electron chi connectivity index (χ0n) is 16.6. The molecule has 2 saturated heterocycles. The summed E-state index contributed by atoms with van der Waals surface area (Å²) in [6, 6.07) is 5.98. The average molecular weight is 398 g/mol. The number of carbonyl (C=O) groups is 1. The summed E-state index contributed by atoms with van der Waals surface area (Å²) in [5.41, 5.74) is 0. The molecule has 0 atom stereocenters. The van der Waals surface area contributed by atoms with E-state index in [1.54, 1.807) is 23.4 Å². The molecule has 0 bridgehead atoms. The van der Waals surface area contributed by atoms with E-state index in [-0.39, 0.29) is 18.5 Å². The van der Waals surface area contributed by atoms with E-state index in [0.29, 0.717) is 13.1 Å². The maximum atomic E-state index is 12.3. The summed E-state index contributed by atoms with van der Waals surface area (Å²) in [7, 11) is 2.14. The summed E-state index contributed by atoms with van der Waals surface area (Å²) in [6.07, 6.45) is 3.17. The van der Waals surface area contributed by atoms with Gasteiger partial charge in [0.15, 0.2) is 18.2 Å². The highest BCUT2D eigenvalue weighted by molar-refractivity contribution is 5.78. The van der Waals surface area contributed by atoms with Crippen LogP contribution < -0.4 is 14.5 Å². The molecule has 2 fully saturated rings. The molecule has 29 heavy (non-hydrogen) atoms. The van der Waals surface area contributed by atoms with Crippen LogP contribution in [0.15, 0.2) is 30.6 Å². The van der Waals surface area contributed by atoms with Gasteiger partial charge in [-0.05, 0) is 25.2 Å². The highest BCUT2D eigenvalue weighted by Gasteiger charge is 2.23. The van der Waals surface area contributed by atoms with Crippen molar-refractivity contribution in [3.63, 3.8) is 0 Å². The molecule has 0 radical (unpaired) electrons. The first kappa shape index (κ1) is 19.3. The van der Waals surface area contributed by atoms with E-state index >= 15 is 0 Å². The van der Waals surface area contributed by atoms with Gasteiger partial charge in [-0.1, -0.05) is 0 Å². The van der Waals surface area contributed by atoms with Crippen molar-refractivity contribution in [3.8, 4) is 6.01 Å². The van der Waals surface area contributed by atoms with Gasteiger partial charge in [0.1, 0.15) is 0 Å². The van der Waals surface area contributed by atoms with E-state index in [9.17, 15) is 4.79 Å². The normalized spacial score (nSPS) is 18.0. The molecule has 10 nitrogen and oxygen atoms in total. The molecule has 0 aromatic carbocycles. The molecule has 1 amide bonds. The number of amides is 1. The lowest BCUT2D eigenvalue weighted by Gasteiger charge is -2.35. The fourth-order valence-electron chi connectivity index (χ4n) is 3.45. The zero-order chi connectivity index (χ0) is 20.1. The van der Waals surface area contributed by atoms with E-state index in [2.05, 4.69) is 41.9 Å². The maximum absolute atomic E-state index is 12.3. The highest BCUT2D eigenvalue weighted by Crippen LogP contribution is 2.17. The number of rotatable bonds is 5. The minimum Gasteiger partial charge on any atom is -0.453 e. The second-order valence-corrected chi connectivity index (χ2v) is 7.23. The molecular formula is C19H26N8O2. The number of hydrogen-bond donors (Lipinski definition) is 0. The molecule has 0 saturated carbocycles. The number of aromatic nitrogens is 4. The molecule has 10 heteroatoms. The summed E-state index contributed by atoms with van der Waals surface area (Å²) in [4.78, 5) is 28.8. The van der Waals surface area contributed by atoms with E-state index in [4.69, 9.17) is 4.74 Å². The Kier molecular flexibility index (Phi) is 5.99. The van der Waals surface area contributed by atoms with Crippen molar-refractivity contribution in [2.75, 3.05) is 75.8 Å². The Morgan fingerprint density at radius 1 is 0.897 bits per heavy atom. The van der Waals surface area contributed by atoms with Crippen molar-refractivity contribution in [1.82, 2.24) is 30.0 Å². The van der Waals surface area contributed by atoms with E-state index in [0.717, 1.165) is 50.9 Å². The van der Waals surface area contributed by atoms with Gasteiger partial charge in [-0.2, -0.15) is 0 Å². The van der Waals surface area contributed by atoms with Gasteiger partial charge in [-0.25, -0.2) is 9.97 Å². The Labute approximate surface area is 170 Å². The number of hydrogen-bond acceptors (Lipinski definition) is 9. The van der Waals surface area contributed by atoms with Crippen LogP contribution >= 0.6 is 0 Å². The molecule has 4 rings (SSSR count). The van der Waals surface area contributed by atoms with Crippen molar-refractivity contribution in [3.05, 3.63) is 30.6 Å². The Morgan fingerprint density at radius 3 is 2.00 bits per heavy atom. The number of nitrogens with zero attached hydrogens (tertiary/aromatic N) is 8. The smallest absolute Gasteiger partial charge is 0.316 e. The molecule has 154 valence electrons. The van der Waals surface area contributed by atoms with Crippen LogP contribution in [0.3, 0.4) is 0 Å². The molecule has 0 unspecified atom stereocenters. The second-order valence-electron chi connectivity index (χ2n) is 7.23. The third-order valence-corrected chi connectivity index (χ3v) is 5.29. The number of likely N-dealkylation sites (N-methyl/N-ethyl adjacent to an activating group) is 1. The molecule has 2 aliphatic rings. The molecule has 0 aliphatic carbocycles. The lowest BCUT2D eigenvalue weighted by atomic mass is 10.3. The lowest BCUT2D eigenvalue weighted by Crippen LogP contribution is -2.50. The van der Waals surface area contributed by atoms with Crippen LogP contribution in [-0.2, 0) is 4.79 Å². The molecule has 2 aromatic rings. The molecule has 0 N–H and O–H groups in total. The first-order valence-electron chi connectivity index (χ1n) is 9.89. The first-order valence-corrected chi connectivity index (χ1v) is 9.89. The van der Waals surface area contributed by atoms with Crippen molar-refractivity contribution < 1.29 is 9.53 Å². The van der Waals surface area contributed by atoms with Gasteiger partial charge in [-0.15, -0.1) is 10.2 Å². The molecular weight excluding hydrogens is 372 g/mol. The van der Waals surface area contributed by atoms with Gasteiger partial charge in [0.05, 0.1) is 0 Å². The summed E-state index contributed by atoms with van der Waals surface area (Å²) >= 11 is 0. The summed E-state index contributed by atoms with van der Waals surface area (Å²) in [5.74, 6) is 1.72. The van der Waals surface area contributed by atoms with Crippen LogP contribution in [0, 0.1) is 0 Å². The third-order valence-electron chi connectivity index (χ3n) is 5.29. The Hall–Kier alpha value is -3.01. The summed E-state index contributed by atoms with van der Waals surface area (Å²) < 4.78 is 5.35. The van der Waals surface area contributed by atoms with Gasteiger partial charge in [0, 0.05) is 64.8 Å². The van der Waals surface area contributed by atoms with Crippen molar-refractivity contribution in [2.45, 2.75) is 0 Å². The highest BCUT2D eigenvalue weighted by atomic mass is 16.5. The summed E-state index contributed by atoms with van der Waals surface area (Å²) in [6.45, 7) is 6.66. The quantitative estimate of drug-likeness (QED) is 0.676. The Bertz CT molecular complexity index is 788. The van der Waals surface area contributed by atoms with E-state index in [1.807, 2.05) is 12.1 Å². The SMILES string of the molecule is CN1CCN(c2ccc(N3CCN(C(=O)COc4ncccn4)CC3)nn2)CC1. The van der Waals surface area contributed by atoms with Crippen LogP contribution in [-0.4, -0.2) is 102 Å². The standard InChI is InChI=1S/C19H26N8O2/c1-24-7-9-25(10-8-24)16-3-4-17(23-22-16)26-11-13-27(14-12-26)18(28)15-29-19-20-5-2-6-21-19/h2-6H,7-15H2,1H3. The first-order chi connectivity index (χ1) is 14.2. The van der Waals surface area contributed by atoms with Crippen molar-refractivity contribution in [2.24, 2.45) is 0 Å². The molecule has 2 aromatic heterocycles. The van der Waals surface area contributed by atoms with Gasteiger partial charge < -0.3 is 24.3 Å². The van der Waals surface area contributed by atoms with Gasteiger partial charge in [0.2, 0.25) is 0 Å². The number of carbonyl (C=O) groups excluding carboxylic acids is 1. The van der Waals surface area contributed by atoms with Crippen LogP contribution in [0.1, 0.15) is 0 Å². The minimum atomic E-state index is -0.0615. The Balaban J connectivity index is 1.25. The van der Waals surface area contributed by atoms with Crippen molar-refractivity contribution >= 4 is 17.5 Å². The predicted molar refractivity (Wildman–Crippen MR) is 108 cm³/mol. The second kappa shape index (κ2) is 8.99. The fourth-order valence-corrected chi connectivity index (χ4v) is 3.45. The average Bonchev–Trinajstić information content (AvgIpc) is 2.79. The fraction of sp³-hybridized carbons (Fsp3) is 0.526. The van der Waals surface area contributed by atoms with Gasteiger partial charge in [-0.3, -0.25) is 4.79 Å². The Morgan fingerprint density at radius 2 is 1.45 bits per heavy atom. The largest absolute Gasteiger partial charge is 0.453 e. The van der Waals surface area contributed by atoms with Crippen LogP contribution in [0.5, 0.6) is 6.01 Å². The molecule has 2 aliphatic heterocycles. The van der Waals surface area contributed by atoms with Crippen molar-refractivity contribution in [1.29, 1.82) is 0 Å². The minimum absolute atomic E-state index is 0.0520. The van der Waals surface area contributed by atoms with Gasteiger partial charge in [0.25, 0.3) is 5.91 Å². The maximum Gasteiger partial charge on any atom is 0.316 e.